The number of nitrogens with zero attached hydrogens (tertiary/aromatic N) is 3. The number of phenolic OH excluding ortho intramolecular Hbond substituents is 1. The molecule has 0 bridgehead atoms. The summed E-state index contributed by atoms with van der Waals surface area (Å²) in [5.74, 6) is 0.600. The summed E-state index contributed by atoms with van der Waals surface area (Å²) in [5.41, 5.74) is 3.86. The lowest BCUT2D eigenvalue weighted by molar-refractivity contribution is 0.0527. The molecule has 1 aromatic heterocycles. The van der Waals surface area contributed by atoms with Crippen molar-refractivity contribution in [3.05, 3.63) is 53.2 Å². The van der Waals surface area contributed by atoms with Crippen LogP contribution in [0.4, 0.5) is 0 Å². The van der Waals surface area contributed by atoms with Crippen LogP contribution in [0.5, 0.6) is 11.5 Å². The lowest BCUT2D eigenvalue weighted by atomic mass is 10.0. The third kappa shape index (κ3) is 4.06. The van der Waals surface area contributed by atoms with E-state index >= 15 is 0 Å². The van der Waals surface area contributed by atoms with Crippen molar-refractivity contribution in [1.29, 1.82) is 0 Å². The van der Waals surface area contributed by atoms with E-state index in [2.05, 4.69) is 16.8 Å². The summed E-state index contributed by atoms with van der Waals surface area (Å²) in [6, 6.07) is 11.3. The number of methoxy groups -OCH3 is 1. The summed E-state index contributed by atoms with van der Waals surface area (Å²) in [7, 11) is 3.75. The monoisotopic (exact) mass is 437 g/mol. The molecule has 0 radical (unpaired) electrons. The van der Waals surface area contributed by atoms with Gasteiger partial charge in [-0.15, -0.1) is 0 Å². The van der Waals surface area contributed by atoms with Gasteiger partial charge < -0.3 is 24.0 Å². The second kappa shape index (κ2) is 9.22. The van der Waals surface area contributed by atoms with Gasteiger partial charge in [-0.25, -0.2) is 4.79 Å². The van der Waals surface area contributed by atoms with E-state index in [1.54, 1.807) is 20.1 Å². The maximum atomic E-state index is 13.1. The Morgan fingerprint density at radius 3 is 2.38 bits per heavy atom. The van der Waals surface area contributed by atoms with Crippen LogP contribution in [-0.4, -0.2) is 72.4 Å². The van der Waals surface area contributed by atoms with Crippen molar-refractivity contribution in [2.24, 2.45) is 0 Å². The molecule has 1 fully saturated rings. The van der Waals surface area contributed by atoms with Gasteiger partial charge in [-0.05, 0) is 57.3 Å². The molecule has 2 aromatic carbocycles. The Morgan fingerprint density at radius 2 is 1.75 bits per heavy atom. The Morgan fingerprint density at radius 1 is 1.06 bits per heavy atom. The third-order valence-electron chi connectivity index (χ3n) is 6.24. The van der Waals surface area contributed by atoms with Crippen LogP contribution in [-0.2, 0) is 11.3 Å². The zero-order chi connectivity index (χ0) is 22.8. The zero-order valence-electron chi connectivity index (χ0n) is 19.2. The van der Waals surface area contributed by atoms with Crippen LogP contribution in [0.2, 0.25) is 0 Å². The fourth-order valence-corrected chi connectivity index (χ4v) is 4.47. The molecule has 4 rings (SSSR count). The number of benzene rings is 2. The van der Waals surface area contributed by atoms with Crippen LogP contribution < -0.4 is 4.74 Å². The van der Waals surface area contributed by atoms with Gasteiger partial charge in [-0.1, -0.05) is 0 Å². The van der Waals surface area contributed by atoms with Gasteiger partial charge in [0, 0.05) is 55.1 Å². The summed E-state index contributed by atoms with van der Waals surface area (Å²) in [4.78, 5) is 17.7. The average molecular weight is 438 g/mol. The Labute approximate surface area is 188 Å². The molecule has 7 heteroatoms. The van der Waals surface area contributed by atoms with Crippen molar-refractivity contribution in [3.8, 4) is 17.2 Å². The Kier molecular flexibility index (Phi) is 6.39. The van der Waals surface area contributed by atoms with E-state index in [9.17, 15) is 9.90 Å². The van der Waals surface area contributed by atoms with E-state index in [0.717, 1.165) is 59.8 Å². The number of phenols is 1. The third-order valence-corrected chi connectivity index (χ3v) is 6.24. The number of aromatic hydroxyl groups is 1. The molecule has 1 N–H and O–H groups in total. The lowest BCUT2D eigenvalue weighted by Crippen LogP contribution is -2.43. The number of rotatable bonds is 6. The maximum absolute atomic E-state index is 13.1. The molecule has 1 aliphatic rings. The molecule has 32 heavy (non-hydrogen) atoms. The van der Waals surface area contributed by atoms with Gasteiger partial charge in [0.1, 0.15) is 11.5 Å². The van der Waals surface area contributed by atoms with Crippen LogP contribution in [0.15, 0.2) is 36.4 Å². The number of hydrogen-bond acceptors (Lipinski definition) is 6. The minimum atomic E-state index is -0.368. The number of ether oxygens (including phenoxy) is 2. The lowest BCUT2D eigenvalue weighted by Gasteiger charge is -2.32. The summed E-state index contributed by atoms with van der Waals surface area (Å²) < 4.78 is 12.8. The number of hydrogen-bond donors (Lipinski definition) is 1. The van der Waals surface area contributed by atoms with Crippen molar-refractivity contribution in [1.82, 2.24) is 14.4 Å². The topological polar surface area (TPSA) is 67.2 Å². The van der Waals surface area contributed by atoms with Gasteiger partial charge in [-0.3, -0.25) is 4.90 Å². The van der Waals surface area contributed by atoms with Gasteiger partial charge in [-0.2, -0.15) is 0 Å². The average Bonchev–Trinajstić information content (AvgIpc) is 3.09. The molecule has 1 aliphatic heterocycles. The quantitative estimate of drug-likeness (QED) is 0.595. The molecule has 170 valence electrons. The first-order valence-corrected chi connectivity index (χ1v) is 11.0. The summed E-state index contributed by atoms with van der Waals surface area (Å²) in [6.07, 6.45) is 0. The van der Waals surface area contributed by atoms with Gasteiger partial charge in [0.25, 0.3) is 0 Å². The standard InChI is InChI=1S/C25H31N3O4/c1-5-32-25(30)23-17(2)28(18-6-8-19(31-4)9-7-18)21-10-11-22(29)20(24(21)23)16-27-14-12-26(3)13-15-27/h6-11,29H,5,12-16H2,1-4H3. The first-order chi connectivity index (χ1) is 15.4. The number of esters is 1. The first-order valence-electron chi connectivity index (χ1n) is 11.0. The molecule has 0 atom stereocenters. The van der Waals surface area contributed by atoms with E-state index in [1.807, 2.05) is 41.8 Å². The van der Waals surface area contributed by atoms with Crippen LogP contribution in [0.25, 0.3) is 16.6 Å². The molecule has 1 saturated heterocycles. The fraction of sp³-hybridized carbons (Fsp3) is 0.400. The Bertz CT molecular complexity index is 1110. The largest absolute Gasteiger partial charge is 0.508 e. The Hall–Kier alpha value is -3.03. The van der Waals surface area contributed by atoms with Crippen LogP contribution in [0.3, 0.4) is 0 Å². The van der Waals surface area contributed by atoms with Crippen molar-refractivity contribution in [2.45, 2.75) is 20.4 Å². The molecule has 0 saturated carbocycles. The number of carbonyl (C=O) groups is 1. The SMILES string of the molecule is CCOC(=O)c1c(C)n(-c2ccc(OC)cc2)c2ccc(O)c(CN3CCN(C)CC3)c12. The van der Waals surface area contributed by atoms with Gasteiger partial charge in [0.15, 0.2) is 0 Å². The minimum absolute atomic E-state index is 0.203. The summed E-state index contributed by atoms with van der Waals surface area (Å²) >= 11 is 0. The molecule has 3 aromatic rings. The van der Waals surface area contributed by atoms with Gasteiger partial charge in [0.2, 0.25) is 0 Å². The minimum Gasteiger partial charge on any atom is -0.508 e. The maximum Gasteiger partial charge on any atom is 0.340 e. The fourth-order valence-electron chi connectivity index (χ4n) is 4.47. The van der Waals surface area contributed by atoms with Crippen molar-refractivity contribution < 1.29 is 19.4 Å². The number of carbonyl (C=O) groups excluding carboxylic acids is 1. The van der Waals surface area contributed by atoms with Crippen LogP contribution in [0, 0.1) is 6.92 Å². The smallest absolute Gasteiger partial charge is 0.340 e. The first kappa shape index (κ1) is 22.2. The van der Waals surface area contributed by atoms with Gasteiger partial charge >= 0.3 is 5.97 Å². The van der Waals surface area contributed by atoms with Gasteiger partial charge in [0.05, 0.1) is 24.8 Å². The van der Waals surface area contributed by atoms with E-state index in [4.69, 9.17) is 9.47 Å². The van der Waals surface area contributed by atoms with E-state index in [1.165, 1.54) is 0 Å². The number of fused-ring (bicyclic) bond motifs is 1. The van der Waals surface area contributed by atoms with E-state index in [-0.39, 0.29) is 11.7 Å². The molecule has 2 heterocycles. The van der Waals surface area contributed by atoms with Crippen molar-refractivity contribution >= 4 is 16.9 Å². The molecule has 0 unspecified atom stereocenters. The van der Waals surface area contributed by atoms with Crippen LogP contribution in [0.1, 0.15) is 28.5 Å². The normalized spacial score (nSPS) is 15.2. The second-order valence-corrected chi connectivity index (χ2v) is 8.25. The van der Waals surface area contributed by atoms with E-state index < -0.39 is 0 Å². The predicted molar refractivity (Wildman–Crippen MR) is 125 cm³/mol. The summed E-state index contributed by atoms with van der Waals surface area (Å²) in [5, 5.41) is 11.6. The van der Waals surface area contributed by atoms with Crippen molar-refractivity contribution in [2.75, 3.05) is 46.9 Å². The van der Waals surface area contributed by atoms with Crippen LogP contribution >= 0.6 is 0 Å². The Balaban J connectivity index is 1.90. The number of aromatic nitrogens is 1. The number of likely N-dealkylation sites (N-methyl/N-ethyl adjacent to an activating group) is 1. The predicted octanol–water partition coefficient (Wildman–Crippen LogP) is 3.58. The highest BCUT2D eigenvalue weighted by molar-refractivity contribution is 6.08. The molecular weight excluding hydrogens is 406 g/mol. The van der Waals surface area contributed by atoms with E-state index in [0.29, 0.717) is 18.7 Å². The highest BCUT2D eigenvalue weighted by atomic mass is 16.5. The second-order valence-electron chi connectivity index (χ2n) is 8.25. The molecule has 7 nitrogen and oxygen atoms in total. The van der Waals surface area contributed by atoms with Crippen molar-refractivity contribution in [3.63, 3.8) is 0 Å². The highest BCUT2D eigenvalue weighted by Crippen LogP contribution is 2.37. The summed E-state index contributed by atoms with van der Waals surface area (Å²) in [6.45, 7) is 8.39. The molecular formula is C25H31N3O4. The number of piperazine rings is 1. The molecule has 0 spiro atoms. The molecule has 0 amide bonds. The highest BCUT2D eigenvalue weighted by Gasteiger charge is 2.27. The molecule has 0 aliphatic carbocycles. The zero-order valence-corrected chi connectivity index (χ0v) is 19.2.